The third kappa shape index (κ3) is 2.03. The molecule has 0 saturated carbocycles. The fourth-order valence-electron chi connectivity index (χ4n) is 3.13. The van der Waals surface area contributed by atoms with E-state index in [0.29, 0.717) is 6.04 Å². The second-order valence-corrected chi connectivity index (χ2v) is 5.35. The Bertz CT molecular complexity index is 442. The van der Waals surface area contributed by atoms with E-state index in [0.717, 1.165) is 37.3 Å². The van der Waals surface area contributed by atoms with Crippen molar-refractivity contribution in [1.82, 2.24) is 20.0 Å². The Labute approximate surface area is 107 Å². The molecule has 98 valence electrons. The summed E-state index contributed by atoms with van der Waals surface area (Å²) >= 11 is 0. The van der Waals surface area contributed by atoms with Crippen molar-refractivity contribution in [2.24, 2.45) is 0 Å². The van der Waals surface area contributed by atoms with E-state index in [1.165, 1.54) is 19.4 Å². The van der Waals surface area contributed by atoms with Gasteiger partial charge in [0.25, 0.3) is 5.91 Å². The summed E-state index contributed by atoms with van der Waals surface area (Å²) in [7, 11) is 0. The lowest BCUT2D eigenvalue weighted by atomic mass is 10.2. The normalized spacial score (nSPS) is 24.9. The predicted octanol–water partition coefficient (Wildman–Crippen LogP) is 1.03. The van der Waals surface area contributed by atoms with Gasteiger partial charge < -0.3 is 4.90 Å². The van der Waals surface area contributed by atoms with Gasteiger partial charge in [-0.3, -0.25) is 14.8 Å². The van der Waals surface area contributed by atoms with E-state index in [1.807, 2.05) is 11.8 Å². The fourth-order valence-corrected chi connectivity index (χ4v) is 3.13. The summed E-state index contributed by atoms with van der Waals surface area (Å²) in [5.74, 6) is 0.134. The first-order chi connectivity index (χ1) is 8.75. The molecule has 2 saturated heterocycles. The smallest absolute Gasteiger partial charge is 0.257 e. The lowest BCUT2D eigenvalue weighted by molar-refractivity contribution is 0.0743. The number of amides is 1. The van der Waals surface area contributed by atoms with E-state index < -0.39 is 0 Å². The highest BCUT2D eigenvalue weighted by Gasteiger charge is 2.31. The van der Waals surface area contributed by atoms with E-state index in [1.54, 1.807) is 6.20 Å². The second-order valence-electron chi connectivity index (χ2n) is 5.35. The average Bonchev–Trinajstić information content (AvgIpc) is 2.93. The molecular formula is C13H20N4O. The minimum absolute atomic E-state index is 0.134. The van der Waals surface area contributed by atoms with Gasteiger partial charge in [0, 0.05) is 31.4 Å². The van der Waals surface area contributed by atoms with Gasteiger partial charge in [-0.15, -0.1) is 0 Å². The number of nitrogens with one attached hydrogen (secondary N) is 1. The molecule has 5 heteroatoms. The second kappa shape index (κ2) is 4.72. The number of aromatic nitrogens is 2. The van der Waals surface area contributed by atoms with Crippen LogP contribution in [0.3, 0.4) is 0 Å². The summed E-state index contributed by atoms with van der Waals surface area (Å²) in [4.78, 5) is 17.0. The maximum Gasteiger partial charge on any atom is 0.257 e. The minimum atomic E-state index is 0.134. The Balaban J connectivity index is 1.75. The van der Waals surface area contributed by atoms with Crippen molar-refractivity contribution < 1.29 is 4.79 Å². The topological polar surface area (TPSA) is 52.2 Å². The van der Waals surface area contributed by atoms with Crippen molar-refractivity contribution in [3.8, 4) is 0 Å². The molecule has 0 radical (unpaired) electrons. The zero-order valence-corrected chi connectivity index (χ0v) is 10.9. The molecule has 2 fully saturated rings. The minimum Gasteiger partial charge on any atom is -0.337 e. The Hall–Kier alpha value is -1.36. The molecule has 0 bridgehead atoms. The monoisotopic (exact) mass is 248 g/mol. The molecule has 1 unspecified atom stereocenters. The summed E-state index contributed by atoms with van der Waals surface area (Å²) < 4.78 is 0. The van der Waals surface area contributed by atoms with Gasteiger partial charge in [-0.25, -0.2) is 0 Å². The van der Waals surface area contributed by atoms with Gasteiger partial charge in [-0.2, -0.15) is 5.10 Å². The van der Waals surface area contributed by atoms with Crippen LogP contribution in [0.5, 0.6) is 0 Å². The van der Waals surface area contributed by atoms with E-state index in [2.05, 4.69) is 15.1 Å². The summed E-state index contributed by atoms with van der Waals surface area (Å²) in [6.07, 6.45) is 5.24. The average molecular weight is 248 g/mol. The number of aromatic amines is 1. The van der Waals surface area contributed by atoms with E-state index in [4.69, 9.17) is 0 Å². The molecule has 3 heterocycles. The third-order valence-corrected chi connectivity index (χ3v) is 4.15. The highest BCUT2D eigenvalue weighted by molar-refractivity contribution is 5.95. The zero-order valence-electron chi connectivity index (χ0n) is 10.9. The molecule has 5 nitrogen and oxygen atoms in total. The highest BCUT2D eigenvalue weighted by atomic mass is 16.2. The van der Waals surface area contributed by atoms with Crippen LogP contribution in [-0.2, 0) is 0 Å². The van der Waals surface area contributed by atoms with Gasteiger partial charge in [-0.1, -0.05) is 0 Å². The van der Waals surface area contributed by atoms with Gasteiger partial charge in [0.15, 0.2) is 0 Å². The number of aryl methyl sites for hydroxylation is 1. The highest BCUT2D eigenvalue weighted by Crippen LogP contribution is 2.22. The molecule has 1 aromatic heterocycles. The summed E-state index contributed by atoms with van der Waals surface area (Å²) in [5.41, 5.74) is 1.59. The molecule has 0 spiro atoms. The van der Waals surface area contributed by atoms with Crippen LogP contribution in [0.4, 0.5) is 0 Å². The lowest BCUT2D eigenvalue weighted by Gasteiger charge is -2.25. The molecule has 1 atom stereocenters. The number of H-pyrrole nitrogens is 1. The largest absolute Gasteiger partial charge is 0.337 e. The molecule has 0 aliphatic carbocycles. The molecule has 1 aromatic rings. The van der Waals surface area contributed by atoms with Gasteiger partial charge in [-0.05, 0) is 32.7 Å². The van der Waals surface area contributed by atoms with Gasteiger partial charge in [0.1, 0.15) is 0 Å². The fraction of sp³-hybridized carbons (Fsp3) is 0.692. The van der Waals surface area contributed by atoms with Crippen molar-refractivity contribution in [2.75, 3.05) is 26.2 Å². The van der Waals surface area contributed by atoms with Crippen LogP contribution in [0, 0.1) is 6.92 Å². The lowest BCUT2D eigenvalue weighted by Crippen LogP contribution is -2.39. The number of rotatable bonds is 1. The quantitative estimate of drug-likeness (QED) is 0.807. The zero-order chi connectivity index (χ0) is 12.5. The standard InChI is InChI=1S/C13H20N4O/c1-10-12(8-14-15-10)13(18)17-7-3-6-16-5-2-4-11(16)9-17/h8,11H,2-7,9H2,1H3,(H,14,15). The van der Waals surface area contributed by atoms with Crippen LogP contribution in [0.15, 0.2) is 6.20 Å². The number of fused-ring (bicyclic) bond motifs is 1. The van der Waals surface area contributed by atoms with Crippen molar-refractivity contribution in [2.45, 2.75) is 32.2 Å². The summed E-state index contributed by atoms with van der Waals surface area (Å²) in [6.45, 7) is 6.00. The van der Waals surface area contributed by atoms with Crippen molar-refractivity contribution in [3.05, 3.63) is 17.5 Å². The van der Waals surface area contributed by atoms with Gasteiger partial charge in [0.05, 0.1) is 11.8 Å². The SMILES string of the molecule is Cc1[nH]ncc1C(=O)N1CCCN2CCCC2C1. The van der Waals surface area contributed by atoms with Crippen molar-refractivity contribution >= 4 is 5.91 Å². The molecule has 0 aromatic carbocycles. The van der Waals surface area contributed by atoms with E-state index in [-0.39, 0.29) is 5.91 Å². The van der Waals surface area contributed by atoms with Crippen LogP contribution in [0.25, 0.3) is 0 Å². The van der Waals surface area contributed by atoms with Gasteiger partial charge in [0.2, 0.25) is 0 Å². The predicted molar refractivity (Wildman–Crippen MR) is 68.4 cm³/mol. The first-order valence-corrected chi connectivity index (χ1v) is 6.79. The summed E-state index contributed by atoms with van der Waals surface area (Å²) in [5, 5.41) is 6.79. The number of nitrogens with zero attached hydrogens (tertiary/aromatic N) is 3. The maximum absolute atomic E-state index is 12.5. The first-order valence-electron chi connectivity index (χ1n) is 6.79. The maximum atomic E-state index is 12.5. The van der Waals surface area contributed by atoms with Crippen LogP contribution in [0.2, 0.25) is 0 Å². The number of hydrogen-bond acceptors (Lipinski definition) is 3. The van der Waals surface area contributed by atoms with Crippen molar-refractivity contribution in [1.29, 1.82) is 0 Å². The van der Waals surface area contributed by atoms with E-state index in [9.17, 15) is 4.79 Å². The Morgan fingerprint density at radius 2 is 2.22 bits per heavy atom. The number of carbonyl (C=O) groups is 1. The molecule has 1 amide bonds. The molecule has 18 heavy (non-hydrogen) atoms. The van der Waals surface area contributed by atoms with Crippen molar-refractivity contribution in [3.63, 3.8) is 0 Å². The summed E-state index contributed by atoms with van der Waals surface area (Å²) in [6, 6.07) is 0.573. The Morgan fingerprint density at radius 1 is 1.39 bits per heavy atom. The number of hydrogen-bond donors (Lipinski definition) is 1. The Morgan fingerprint density at radius 3 is 3.00 bits per heavy atom. The molecule has 2 aliphatic rings. The molecular weight excluding hydrogens is 228 g/mol. The molecule has 3 rings (SSSR count). The van der Waals surface area contributed by atoms with Crippen LogP contribution in [0.1, 0.15) is 35.3 Å². The van der Waals surface area contributed by atoms with E-state index >= 15 is 0 Å². The van der Waals surface area contributed by atoms with Gasteiger partial charge >= 0.3 is 0 Å². The molecule has 1 N–H and O–H groups in total. The van der Waals surface area contributed by atoms with Crippen LogP contribution >= 0.6 is 0 Å². The third-order valence-electron chi connectivity index (χ3n) is 4.15. The first kappa shape index (κ1) is 11.7. The van der Waals surface area contributed by atoms with Crippen LogP contribution < -0.4 is 0 Å². The Kier molecular flexibility index (Phi) is 3.07. The number of carbonyl (C=O) groups excluding carboxylic acids is 1. The van der Waals surface area contributed by atoms with Crippen LogP contribution in [-0.4, -0.2) is 58.1 Å². The molecule has 2 aliphatic heterocycles.